The summed E-state index contributed by atoms with van der Waals surface area (Å²) < 4.78 is 11.4. The topological polar surface area (TPSA) is 82.3 Å². The highest BCUT2D eigenvalue weighted by atomic mass is 35.5. The van der Waals surface area contributed by atoms with E-state index in [4.69, 9.17) is 20.8 Å². The van der Waals surface area contributed by atoms with Gasteiger partial charge in [-0.05, 0) is 31.2 Å². The molecule has 0 aliphatic carbocycles. The van der Waals surface area contributed by atoms with Gasteiger partial charge >= 0.3 is 5.97 Å². The maximum absolute atomic E-state index is 12.0. The predicted molar refractivity (Wildman–Crippen MR) is 97.1 cm³/mol. The van der Waals surface area contributed by atoms with E-state index in [0.29, 0.717) is 15.1 Å². The summed E-state index contributed by atoms with van der Waals surface area (Å²) >= 11 is 6.99. The van der Waals surface area contributed by atoms with Crippen molar-refractivity contribution in [2.24, 2.45) is 0 Å². The van der Waals surface area contributed by atoms with Gasteiger partial charge in [-0.2, -0.15) is 0 Å². The van der Waals surface area contributed by atoms with Gasteiger partial charge in [0.1, 0.15) is 0 Å². The summed E-state index contributed by atoms with van der Waals surface area (Å²) in [4.78, 5) is 24.5. The standard InChI is InChI=1S/C18H15ClN2O4S/c1-11(17-20-21-18(25-17)12-5-3-2-4-6-12)24-16(23)10-7-13(22)14-8-9-15(19)26-14/h2-6,8-9,11H,7,10H2,1H3/t11-/m1/s1. The first-order valence-corrected chi connectivity index (χ1v) is 9.09. The molecule has 0 saturated carbocycles. The number of rotatable bonds is 7. The molecule has 1 atom stereocenters. The van der Waals surface area contributed by atoms with Crippen LogP contribution in [0.5, 0.6) is 0 Å². The molecule has 2 heterocycles. The fraction of sp³-hybridized carbons (Fsp3) is 0.222. The number of hydrogen-bond donors (Lipinski definition) is 0. The van der Waals surface area contributed by atoms with Crippen molar-refractivity contribution in [3.8, 4) is 11.5 Å². The second-order valence-corrected chi connectivity index (χ2v) is 7.19. The van der Waals surface area contributed by atoms with Crippen molar-refractivity contribution in [1.82, 2.24) is 10.2 Å². The van der Waals surface area contributed by atoms with Crippen molar-refractivity contribution in [3.05, 3.63) is 57.6 Å². The van der Waals surface area contributed by atoms with Gasteiger partial charge in [0, 0.05) is 12.0 Å². The zero-order valence-corrected chi connectivity index (χ0v) is 15.4. The third kappa shape index (κ3) is 4.56. The molecule has 2 aromatic heterocycles. The molecule has 0 N–H and O–H groups in total. The molecule has 0 unspecified atom stereocenters. The van der Waals surface area contributed by atoms with Crippen LogP contribution in [0.25, 0.3) is 11.5 Å². The smallest absolute Gasteiger partial charge is 0.307 e. The van der Waals surface area contributed by atoms with E-state index in [0.717, 1.165) is 5.56 Å². The van der Waals surface area contributed by atoms with Gasteiger partial charge in [0.2, 0.25) is 5.89 Å². The fourth-order valence-electron chi connectivity index (χ4n) is 2.21. The van der Waals surface area contributed by atoms with Crippen molar-refractivity contribution < 1.29 is 18.7 Å². The second-order valence-electron chi connectivity index (χ2n) is 5.47. The summed E-state index contributed by atoms with van der Waals surface area (Å²) in [5.41, 5.74) is 0.782. The SMILES string of the molecule is C[C@@H](OC(=O)CCC(=O)c1ccc(Cl)s1)c1nnc(-c2ccccc2)o1. The van der Waals surface area contributed by atoms with Crippen molar-refractivity contribution >= 4 is 34.7 Å². The first-order valence-electron chi connectivity index (χ1n) is 7.90. The number of thiophene rings is 1. The highest BCUT2D eigenvalue weighted by Gasteiger charge is 2.20. The van der Waals surface area contributed by atoms with Crippen LogP contribution in [0.3, 0.4) is 0 Å². The number of halogens is 1. The third-order valence-corrected chi connectivity index (χ3v) is 4.79. The predicted octanol–water partition coefficient (Wildman–Crippen LogP) is 4.72. The third-order valence-electron chi connectivity index (χ3n) is 3.52. The van der Waals surface area contributed by atoms with Gasteiger partial charge in [-0.3, -0.25) is 9.59 Å². The zero-order chi connectivity index (χ0) is 18.5. The maximum Gasteiger partial charge on any atom is 0.307 e. The Kier molecular flexibility index (Phi) is 5.80. The van der Waals surface area contributed by atoms with E-state index in [-0.39, 0.29) is 24.5 Å². The van der Waals surface area contributed by atoms with E-state index >= 15 is 0 Å². The van der Waals surface area contributed by atoms with Crippen LogP contribution in [-0.2, 0) is 9.53 Å². The lowest BCUT2D eigenvalue weighted by atomic mass is 10.2. The van der Waals surface area contributed by atoms with E-state index in [1.807, 2.05) is 30.3 Å². The van der Waals surface area contributed by atoms with Gasteiger partial charge < -0.3 is 9.15 Å². The molecule has 134 valence electrons. The highest BCUT2D eigenvalue weighted by Crippen LogP contribution is 2.24. The molecule has 3 aromatic rings. The number of benzene rings is 1. The van der Waals surface area contributed by atoms with Gasteiger partial charge in [-0.1, -0.05) is 29.8 Å². The number of ether oxygens (including phenoxy) is 1. The molecular formula is C18H15ClN2O4S. The normalized spacial score (nSPS) is 11.9. The van der Waals surface area contributed by atoms with Crippen LogP contribution in [0.15, 0.2) is 46.9 Å². The van der Waals surface area contributed by atoms with Gasteiger partial charge in [0.15, 0.2) is 11.9 Å². The van der Waals surface area contributed by atoms with Gasteiger partial charge in [0.05, 0.1) is 15.6 Å². The molecule has 0 bridgehead atoms. The largest absolute Gasteiger partial charge is 0.453 e. The Hall–Kier alpha value is -2.51. The van der Waals surface area contributed by atoms with Crippen LogP contribution in [0.1, 0.15) is 41.4 Å². The number of ketones is 1. The summed E-state index contributed by atoms with van der Waals surface area (Å²) in [5.74, 6) is -0.0922. The van der Waals surface area contributed by atoms with Gasteiger partial charge in [-0.15, -0.1) is 21.5 Å². The molecule has 3 rings (SSSR count). The summed E-state index contributed by atoms with van der Waals surface area (Å²) in [6.07, 6.45) is -0.668. The Morgan fingerprint density at radius 3 is 2.62 bits per heavy atom. The van der Waals surface area contributed by atoms with E-state index in [1.54, 1.807) is 19.1 Å². The molecule has 26 heavy (non-hydrogen) atoms. The van der Waals surface area contributed by atoms with Gasteiger partial charge in [-0.25, -0.2) is 0 Å². The monoisotopic (exact) mass is 390 g/mol. The first kappa shape index (κ1) is 18.3. The molecule has 6 nitrogen and oxygen atoms in total. The molecule has 8 heteroatoms. The lowest BCUT2D eigenvalue weighted by Crippen LogP contribution is -2.11. The Balaban J connectivity index is 1.53. The van der Waals surface area contributed by atoms with Crippen molar-refractivity contribution in [2.75, 3.05) is 0 Å². The molecule has 1 aromatic carbocycles. The van der Waals surface area contributed by atoms with Crippen LogP contribution in [0, 0.1) is 0 Å². The molecule has 0 aliphatic heterocycles. The van der Waals surface area contributed by atoms with Crippen molar-refractivity contribution in [2.45, 2.75) is 25.9 Å². The molecule has 0 saturated heterocycles. The van der Waals surface area contributed by atoms with E-state index in [1.165, 1.54) is 11.3 Å². The molecule has 0 amide bonds. The number of Topliss-reactive ketones (excluding diaryl/α,β-unsaturated/α-hetero) is 1. The lowest BCUT2D eigenvalue weighted by molar-refractivity contribution is -0.149. The number of carbonyl (C=O) groups excluding carboxylic acids is 2. The number of esters is 1. The Labute approximate surface area is 158 Å². The first-order chi connectivity index (χ1) is 12.5. The van der Waals surface area contributed by atoms with Crippen LogP contribution < -0.4 is 0 Å². The molecule has 0 radical (unpaired) electrons. The van der Waals surface area contributed by atoms with Crippen LogP contribution in [-0.4, -0.2) is 21.9 Å². The minimum absolute atomic E-state index is 0.0294. The zero-order valence-electron chi connectivity index (χ0n) is 13.8. The molecule has 0 aliphatic rings. The van der Waals surface area contributed by atoms with Crippen molar-refractivity contribution in [3.63, 3.8) is 0 Å². The fourth-order valence-corrected chi connectivity index (χ4v) is 3.22. The summed E-state index contributed by atoms with van der Waals surface area (Å²) in [5, 5.41) is 7.88. The number of aromatic nitrogens is 2. The summed E-state index contributed by atoms with van der Waals surface area (Å²) in [6.45, 7) is 1.64. The Bertz CT molecular complexity index is 907. The summed E-state index contributed by atoms with van der Waals surface area (Å²) in [6, 6.07) is 12.6. The minimum Gasteiger partial charge on any atom is -0.453 e. The average Bonchev–Trinajstić information content (AvgIpc) is 3.30. The van der Waals surface area contributed by atoms with Crippen molar-refractivity contribution in [1.29, 1.82) is 0 Å². The van der Waals surface area contributed by atoms with Crippen LogP contribution in [0.4, 0.5) is 0 Å². The lowest BCUT2D eigenvalue weighted by Gasteiger charge is -2.08. The maximum atomic E-state index is 12.0. The quantitative estimate of drug-likeness (QED) is 0.429. The Morgan fingerprint density at radius 1 is 1.15 bits per heavy atom. The average molecular weight is 391 g/mol. The minimum atomic E-state index is -0.696. The van der Waals surface area contributed by atoms with Crippen LogP contribution >= 0.6 is 22.9 Å². The molecular weight excluding hydrogens is 376 g/mol. The number of nitrogens with zero attached hydrogens (tertiary/aromatic N) is 2. The van der Waals surface area contributed by atoms with Gasteiger partial charge in [0.25, 0.3) is 5.89 Å². The van der Waals surface area contributed by atoms with Crippen LogP contribution in [0.2, 0.25) is 4.34 Å². The molecule has 0 spiro atoms. The number of carbonyl (C=O) groups is 2. The van der Waals surface area contributed by atoms with E-state index < -0.39 is 12.1 Å². The second kappa shape index (κ2) is 8.25. The molecule has 0 fully saturated rings. The highest BCUT2D eigenvalue weighted by molar-refractivity contribution is 7.18. The Morgan fingerprint density at radius 2 is 1.92 bits per heavy atom. The van der Waals surface area contributed by atoms with E-state index in [9.17, 15) is 9.59 Å². The summed E-state index contributed by atoms with van der Waals surface area (Å²) in [7, 11) is 0. The number of hydrogen-bond acceptors (Lipinski definition) is 7. The van der Waals surface area contributed by atoms with E-state index in [2.05, 4.69) is 10.2 Å².